The van der Waals surface area contributed by atoms with Gasteiger partial charge in [0.05, 0.1) is 17.2 Å². The van der Waals surface area contributed by atoms with E-state index in [0.717, 1.165) is 46.8 Å². The fourth-order valence-corrected chi connectivity index (χ4v) is 3.55. The van der Waals surface area contributed by atoms with Crippen LogP contribution in [0.5, 0.6) is 11.5 Å². The molecule has 1 aromatic carbocycles. The van der Waals surface area contributed by atoms with Gasteiger partial charge in [-0.2, -0.15) is 0 Å². The van der Waals surface area contributed by atoms with E-state index in [2.05, 4.69) is 20.2 Å². The molecule has 6 nitrogen and oxygen atoms in total. The first-order chi connectivity index (χ1) is 11.6. The molecule has 25 heavy (non-hydrogen) atoms. The summed E-state index contributed by atoms with van der Waals surface area (Å²) >= 11 is 1.72. The largest absolute Gasteiger partial charge is 0.454 e. The third-order valence-electron chi connectivity index (χ3n) is 3.84. The minimum atomic E-state index is 0. The van der Waals surface area contributed by atoms with Crippen molar-refractivity contribution in [2.75, 3.05) is 20.9 Å². The first-order valence-electron chi connectivity index (χ1n) is 7.80. The molecule has 3 rings (SSSR count). The van der Waals surface area contributed by atoms with Crippen molar-refractivity contribution in [1.29, 1.82) is 0 Å². The first-order valence-corrected chi connectivity index (χ1v) is 8.61. The van der Waals surface area contributed by atoms with Crippen LogP contribution in [-0.4, -0.2) is 36.7 Å². The van der Waals surface area contributed by atoms with E-state index in [1.54, 1.807) is 18.4 Å². The van der Waals surface area contributed by atoms with Crippen molar-refractivity contribution < 1.29 is 9.47 Å². The Morgan fingerprint density at radius 1 is 1.32 bits per heavy atom. The third-order valence-corrected chi connectivity index (χ3v) is 4.91. The van der Waals surface area contributed by atoms with Crippen LogP contribution in [-0.2, 0) is 13.1 Å². The van der Waals surface area contributed by atoms with Gasteiger partial charge in [-0.1, -0.05) is 6.07 Å². The number of aliphatic imine (C=N–C) groups is 1. The highest BCUT2D eigenvalue weighted by molar-refractivity contribution is 14.0. The van der Waals surface area contributed by atoms with E-state index in [1.807, 2.05) is 39.1 Å². The third kappa shape index (κ3) is 4.75. The molecule has 0 saturated heterocycles. The highest BCUT2D eigenvalue weighted by Gasteiger charge is 2.15. The first kappa shape index (κ1) is 19.8. The number of halogens is 1. The lowest BCUT2D eigenvalue weighted by atomic mass is 10.2. The van der Waals surface area contributed by atoms with Crippen LogP contribution in [0, 0.1) is 13.8 Å². The maximum absolute atomic E-state index is 5.44. The predicted molar refractivity (Wildman–Crippen MR) is 111 cm³/mol. The molecule has 0 radical (unpaired) electrons. The normalized spacial score (nSPS) is 12.7. The minimum absolute atomic E-state index is 0. The SMILES string of the molecule is CN=C(NCc1sc(C)nc1C)N(C)Cc1ccc2c(c1)OCO2.I. The molecule has 2 heterocycles. The maximum Gasteiger partial charge on any atom is 0.231 e. The Hall–Kier alpha value is -1.55. The van der Waals surface area contributed by atoms with Crippen LogP contribution in [0.1, 0.15) is 21.1 Å². The molecule has 1 aliphatic heterocycles. The number of thiazole rings is 1. The molecule has 0 amide bonds. The number of fused-ring (bicyclic) bond motifs is 1. The standard InChI is InChI=1S/C17H22N4O2S.HI/c1-11-16(24-12(2)20-11)8-19-17(18-3)21(4)9-13-5-6-14-15(7-13)23-10-22-14;/h5-7H,8-10H2,1-4H3,(H,18,19);1H. The predicted octanol–water partition coefficient (Wildman–Crippen LogP) is 3.31. The Morgan fingerprint density at radius 2 is 2.08 bits per heavy atom. The number of benzene rings is 1. The summed E-state index contributed by atoms with van der Waals surface area (Å²) in [6, 6.07) is 6.02. The van der Waals surface area contributed by atoms with Crippen molar-refractivity contribution in [2.45, 2.75) is 26.9 Å². The van der Waals surface area contributed by atoms with Crippen LogP contribution >= 0.6 is 35.3 Å². The number of nitrogens with zero attached hydrogens (tertiary/aromatic N) is 3. The van der Waals surface area contributed by atoms with E-state index < -0.39 is 0 Å². The molecule has 0 bridgehead atoms. The number of guanidine groups is 1. The van der Waals surface area contributed by atoms with E-state index in [9.17, 15) is 0 Å². The lowest BCUT2D eigenvalue weighted by Crippen LogP contribution is -2.38. The van der Waals surface area contributed by atoms with Gasteiger partial charge in [-0.05, 0) is 31.5 Å². The highest BCUT2D eigenvalue weighted by Crippen LogP contribution is 2.32. The number of aromatic nitrogens is 1. The molecular formula is C17H23IN4O2S. The Labute approximate surface area is 169 Å². The molecule has 1 aliphatic rings. The zero-order valence-corrected chi connectivity index (χ0v) is 18.0. The summed E-state index contributed by atoms with van der Waals surface area (Å²) in [4.78, 5) is 12.2. The van der Waals surface area contributed by atoms with Crippen molar-refractivity contribution in [3.05, 3.63) is 39.3 Å². The van der Waals surface area contributed by atoms with E-state index >= 15 is 0 Å². The van der Waals surface area contributed by atoms with Crippen molar-refractivity contribution in [3.63, 3.8) is 0 Å². The second-order valence-corrected chi connectivity index (χ2v) is 6.97. The molecule has 0 spiro atoms. The number of hydrogen-bond acceptors (Lipinski definition) is 5. The van der Waals surface area contributed by atoms with Crippen LogP contribution < -0.4 is 14.8 Å². The van der Waals surface area contributed by atoms with Gasteiger partial charge >= 0.3 is 0 Å². The van der Waals surface area contributed by atoms with Crippen molar-refractivity contribution in [1.82, 2.24) is 15.2 Å². The summed E-state index contributed by atoms with van der Waals surface area (Å²) in [5.41, 5.74) is 2.23. The van der Waals surface area contributed by atoms with Gasteiger partial charge in [0.1, 0.15) is 0 Å². The molecule has 0 aliphatic carbocycles. The maximum atomic E-state index is 5.44. The molecule has 0 unspecified atom stereocenters. The van der Waals surface area contributed by atoms with E-state index in [-0.39, 0.29) is 24.0 Å². The molecule has 0 saturated carbocycles. The molecular weight excluding hydrogens is 451 g/mol. The Kier molecular flexibility index (Phi) is 6.88. The lowest BCUT2D eigenvalue weighted by Gasteiger charge is -2.22. The smallest absolute Gasteiger partial charge is 0.231 e. The summed E-state index contributed by atoms with van der Waals surface area (Å²) < 4.78 is 10.8. The van der Waals surface area contributed by atoms with Gasteiger partial charge in [-0.3, -0.25) is 4.99 Å². The summed E-state index contributed by atoms with van der Waals surface area (Å²) in [5.74, 6) is 2.46. The van der Waals surface area contributed by atoms with Crippen LogP contribution in [0.4, 0.5) is 0 Å². The van der Waals surface area contributed by atoms with E-state index in [1.165, 1.54) is 4.88 Å². The minimum Gasteiger partial charge on any atom is -0.454 e. The second kappa shape index (κ2) is 8.70. The number of ether oxygens (including phenoxy) is 2. The van der Waals surface area contributed by atoms with Crippen LogP contribution in [0.15, 0.2) is 23.2 Å². The molecule has 2 aromatic rings. The number of hydrogen-bond donors (Lipinski definition) is 1. The summed E-state index contributed by atoms with van der Waals surface area (Å²) in [6.45, 7) is 5.83. The number of rotatable bonds is 4. The van der Waals surface area contributed by atoms with Gasteiger partial charge in [0, 0.05) is 25.5 Å². The number of nitrogens with one attached hydrogen (secondary N) is 1. The fourth-order valence-electron chi connectivity index (χ4n) is 2.67. The van der Waals surface area contributed by atoms with Gasteiger partial charge in [0.15, 0.2) is 17.5 Å². The zero-order chi connectivity index (χ0) is 17.1. The fraction of sp³-hybridized carbons (Fsp3) is 0.412. The summed E-state index contributed by atoms with van der Waals surface area (Å²) in [5, 5.41) is 4.49. The summed E-state index contributed by atoms with van der Waals surface area (Å²) in [6.07, 6.45) is 0. The molecule has 0 fully saturated rings. The van der Waals surface area contributed by atoms with Crippen LogP contribution in [0.3, 0.4) is 0 Å². The molecule has 8 heteroatoms. The monoisotopic (exact) mass is 474 g/mol. The quantitative estimate of drug-likeness (QED) is 0.419. The van der Waals surface area contributed by atoms with Gasteiger partial charge in [0.2, 0.25) is 6.79 Å². The Morgan fingerprint density at radius 3 is 2.76 bits per heavy atom. The van der Waals surface area contributed by atoms with Crippen molar-refractivity contribution in [3.8, 4) is 11.5 Å². The highest BCUT2D eigenvalue weighted by atomic mass is 127. The van der Waals surface area contributed by atoms with E-state index in [4.69, 9.17) is 9.47 Å². The molecule has 1 N–H and O–H groups in total. The second-order valence-electron chi connectivity index (χ2n) is 5.69. The molecule has 136 valence electrons. The zero-order valence-electron chi connectivity index (χ0n) is 14.8. The van der Waals surface area contributed by atoms with Crippen LogP contribution in [0.25, 0.3) is 0 Å². The van der Waals surface area contributed by atoms with Crippen molar-refractivity contribution in [2.24, 2.45) is 4.99 Å². The number of aryl methyl sites for hydroxylation is 2. The average Bonchev–Trinajstić information content (AvgIpc) is 3.13. The van der Waals surface area contributed by atoms with Gasteiger partial charge < -0.3 is 19.7 Å². The molecule has 1 aromatic heterocycles. The lowest BCUT2D eigenvalue weighted by molar-refractivity contribution is 0.174. The van der Waals surface area contributed by atoms with Gasteiger partial charge in [0.25, 0.3) is 0 Å². The van der Waals surface area contributed by atoms with Gasteiger partial charge in [-0.25, -0.2) is 4.98 Å². The van der Waals surface area contributed by atoms with E-state index in [0.29, 0.717) is 6.79 Å². The summed E-state index contributed by atoms with van der Waals surface area (Å²) in [7, 11) is 3.81. The molecule has 0 atom stereocenters. The van der Waals surface area contributed by atoms with Crippen molar-refractivity contribution >= 4 is 41.3 Å². The Bertz CT molecular complexity index is 763. The van der Waals surface area contributed by atoms with Gasteiger partial charge in [-0.15, -0.1) is 35.3 Å². The van der Waals surface area contributed by atoms with Crippen LogP contribution in [0.2, 0.25) is 0 Å². The average molecular weight is 474 g/mol. The topological polar surface area (TPSA) is 59.0 Å². The Balaban J connectivity index is 0.00000225.